The molecule has 0 radical (unpaired) electrons. The highest BCUT2D eigenvalue weighted by Gasteiger charge is 2.20. The first-order valence-electron chi connectivity index (χ1n) is 19.6. The second-order valence-corrected chi connectivity index (χ2v) is 14.8. The van der Waals surface area contributed by atoms with Crippen molar-refractivity contribution >= 4 is 49.2 Å². The number of para-hydroxylation sites is 4. The summed E-state index contributed by atoms with van der Waals surface area (Å²) in [6.07, 6.45) is 15.5. The topological polar surface area (TPSA) is 35.6 Å². The van der Waals surface area contributed by atoms with E-state index in [0.717, 1.165) is 65.4 Å². The molecule has 0 atom stereocenters. The number of nitrogens with zero attached hydrogens (tertiary/aromatic N) is 4. The number of aromatic nitrogens is 4. The maximum absolute atomic E-state index is 5.36. The zero-order valence-electron chi connectivity index (χ0n) is 30.9. The lowest BCUT2D eigenvalue weighted by Gasteiger charge is -2.19. The zero-order valence-corrected chi connectivity index (χ0v) is 30.9. The van der Waals surface area contributed by atoms with E-state index in [1.807, 2.05) is 6.07 Å². The lowest BCUT2D eigenvalue weighted by atomic mass is 9.88. The molecule has 4 heteroatoms. The summed E-state index contributed by atoms with van der Waals surface area (Å²) in [6.45, 7) is 0. The summed E-state index contributed by atoms with van der Waals surface area (Å²) in [5.41, 5.74) is 14.9. The van der Waals surface area contributed by atoms with Crippen LogP contribution in [0.4, 0.5) is 0 Å². The lowest BCUT2D eigenvalue weighted by molar-refractivity contribution is 0.902. The molecule has 0 unspecified atom stereocenters. The number of fused-ring (bicyclic) bond motifs is 6. The summed E-state index contributed by atoms with van der Waals surface area (Å²) in [5.74, 6) is 0.731. The highest BCUT2D eigenvalue weighted by atomic mass is 15.0. The molecule has 9 aromatic rings. The van der Waals surface area contributed by atoms with Crippen molar-refractivity contribution in [3.8, 4) is 34.0 Å². The summed E-state index contributed by atoms with van der Waals surface area (Å²) in [5, 5.41) is 4.94. The van der Waals surface area contributed by atoms with Crippen molar-refractivity contribution in [2.45, 2.75) is 25.7 Å². The van der Waals surface area contributed by atoms with Crippen LogP contribution in [0.15, 0.2) is 193 Å². The molecule has 0 amide bonds. The molecule has 0 bridgehead atoms. The average molecular weight is 719 g/mol. The van der Waals surface area contributed by atoms with E-state index in [1.165, 1.54) is 60.3 Å². The van der Waals surface area contributed by atoms with E-state index in [0.29, 0.717) is 0 Å². The fourth-order valence-corrected chi connectivity index (χ4v) is 8.87. The van der Waals surface area contributed by atoms with Crippen LogP contribution in [0.25, 0.3) is 83.2 Å². The molecule has 3 aromatic heterocycles. The Morgan fingerprint density at radius 1 is 0.393 bits per heavy atom. The third-order valence-corrected chi connectivity index (χ3v) is 11.5. The van der Waals surface area contributed by atoms with E-state index in [9.17, 15) is 0 Å². The number of rotatable bonds is 6. The Hall–Kier alpha value is -7.04. The van der Waals surface area contributed by atoms with Crippen LogP contribution in [0.5, 0.6) is 0 Å². The minimum Gasteiger partial charge on any atom is -0.309 e. The summed E-state index contributed by atoms with van der Waals surface area (Å²) in [7, 11) is 0. The molecule has 2 aliphatic carbocycles. The normalized spacial score (nSPS) is 14.4. The van der Waals surface area contributed by atoms with Gasteiger partial charge in [0.2, 0.25) is 0 Å². The summed E-state index contributed by atoms with van der Waals surface area (Å²) >= 11 is 0. The van der Waals surface area contributed by atoms with E-state index < -0.39 is 0 Å². The van der Waals surface area contributed by atoms with Gasteiger partial charge in [0.1, 0.15) is 0 Å². The fourth-order valence-electron chi connectivity index (χ4n) is 8.87. The van der Waals surface area contributed by atoms with Gasteiger partial charge in [-0.05, 0) is 90.9 Å². The molecule has 56 heavy (non-hydrogen) atoms. The van der Waals surface area contributed by atoms with Crippen LogP contribution in [0, 0.1) is 0 Å². The van der Waals surface area contributed by atoms with Gasteiger partial charge in [-0.25, -0.2) is 9.97 Å². The van der Waals surface area contributed by atoms with Crippen molar-refractivity contribution in [2.75, 3.05) is 0 Å². The third-order valence-electron chi connectivity index (χ3n) is 11.5. The van der Waals surface area contributed by atoms with Crippen LogP contribution >= 0.6 is 0 Å². The van der Waals surface area contributed by atoms with Crippen LogP contribution in [-0.2, 0) is 0 Å². The molecule has 0 saturated heterocycles. The summed E-state index contributed by atoms with van der Waals surface area (Å²) in [4.78, 5) is 10.6. The van der Waals surface area contributed by atoms with E-state index in [1.54, 1.807) is 0 Å². The van der Waals surface area contributed by atoms with Crippen molar-refractivity contribution in [1.29, 1.82) is 0 Å². The molecule has 6 aromatic carbocycles. The van der Waals surface area contributed by atoms with Gasteiger partial charge in [0.25, 0.3) is 0 Å². The van der Waals surface area contributed by atoms with Gasteiger partial charge in [0, 0.05) is 44.0 Å². The van der Waals surface area contributed by atoms with Crippen molar-refractivity contribution in [1.82, 2.24) is 19.1 Å². The molecule has 11 rings (SSSR count). The number of hydrogen-bond donors (Lipinski definition) is 0. The molecule has 266 valence electrons. The van der Waals surface area contributed by atoms with Gasteiger partial charge in [-0.15, -0.1) is 0 Å². The lowest BCUT2D eigenvalue weighted by Crippen LogP contribution is -2.03. The second-order valence-electron chi connectivity index (χ2n) is 14.8. The first-order valence-corrected chi connectivity index (χ1v) is 19.6. The number of allylic oxidation sites excluding steroid dienone is 8. The predicted octanol–water partition coefficient (Wildman–Crippen LogP) is 13.4. The van der Waals surface area contributed by atoms with Crippen molar-refractivity contribution in [3.05, 3.63) is 199 Å². The first kappa shape index (κ1) is 32.4. The predicted molar refractivity (Wildman–Crippen MR) is 233 cm³/mol. The van der Waals surface area contributed by atoms with Crippen LogP contribution in [0.3, 0.4) is 0 Å². The smallest absolute Gasteiger partial charge is 0.160 e. The van der Waals surface area contributed by atoms with Crippen molar-refractivity contribution < 1.29 is 0 Å². The Kier molecular flexibility index (Phi) is 7.73. The van der Waals surface area contributed by atoms with Crippen molar-refractivity contribution in [2.24, 2.45) is 0 Å². The fraction of sp³-hybridized carbons (Fsp3) is 0.0769. The van der Waals surface area contributed by atoms with Gasteiger partial charge in [0.05, 0.1) is 33.5 Å². The summed E-state index contributed by atoms with van der Waals surface area (Å²) in [6, 6.07) is 54.5. The molecule has 0 N–H and O–H groups in total. The molecule has 4 nitrogen and oxygen atoms in total. The Bertz CT molecular complexity index is 2890. The maximum Gasteiger partial charge on any atom is 0.160 e. The molecular weight excluding hydrogens is 681 g/mol. The zero-order chi connectivity index (χ0) is 37.0. The molecule has 2 aliphatic rings. The minimum absolute atomic E-state index is 0.731. The maximum atomic E-state index is 5.36. The number of hydrogen-bond acceptors (Lipinski definition) is 2. The first-order chi connectivity index (χ1) is 27.8. The van der Waals surface area contributed by atoms with Crippen LogP contribution in [-0.4, -0.2) is 19.1 Å². The molecule has 0 fully saturated rings. The van der Waals surface area contributed by atoms with Gasteiger partial charge in [-0.1, -0.05) is 134 Å². The van der Waals surface area contributed by atoms with E-state index in [2.05, 4.69) is 185 Å². The standard InChI is InChI=1S/C52H38N4/c1-3-15-35(16-4-1)36-27-29-37(30-28-36)46-34-47(54-52(53-46)38-17-5-2-6-18-38)39-31-40(55-48-23-11-7-19-42(48)43-20-8-12-24-49(43)55)33-41(32-39)56-50-25-13-9-21-44(50)45-22-10-14-26-51(45)56/h1-3,5-15,17-27,29,31-34H,4,16,28,30H2. The van der Waals surface area contributed by atoms with Gasteiger partial charge >= 0.3 is 0 Å². The minimum atomic E-state index is 0.731. The average Bonchev–Trinajstić information content (AvgIpc) is 3.80. The molecule has 0 spiro atoms. The monoisotopic (exact) mass is 718 g/mol. The SMILES string of the molecule is C1=CCCC(C2=CC=C(c3cc(-c4cc(-n5c6ccccc6c6ccccc65)cc(-n5c6ccccc6c6ccccc65)c4)nc(-c4ccccc4)n3)CC2)=C1. The van der Waals surface area contributed by atoms with E-state index >= 15 is 0 Å². The Labute approximate surface area is 325 Å². The molecular formula is C52H38N4. The highest BCUT2D eigenvalue weighted by Crippen LogP contribution is 2.39. The number of benzene rings is 6. The quantitative estimate of drug-likeness (QED) is 0.172. The Balaban J connectivity index is 1.18. The van der Waals surface area contributed by atoms with Crippen LogP contribution < -0.4 is 0 Å². The van der Waals surface area contributed by atoms with Gasteiger partial charge in [0.15, 0.2) is 5.82 Å². The van der Waals surface area contributed by atoms with Gasteiger partial charge < -0.3 is 9.13 Å². The van der Waals surface area contributed by atoms with Crippen LogP contribution in [0.1, 0.15) is 31.4 Å². The van der Waals surface area contributed by atoms with E-state index in [-0.39, 0.29) is 0 Å². The van der Waals surface area contributed by atoms with Crippen LogP contribution in [0.2, 0.25) is 0 Å². The molecule has 3 heterocycles. The third kappa shape index (κ3) is 5.45. The Morgan fingerprint density at radius 2 is 0.875 bits per heavy atom. The highest BCUT2D eigenvalue weighted by molar-refractivity contribution is 6.10. The molecule has 0 aliphatic heterocycles. The van der Waals surface area contributed by atoms with Crippen molar-refractivity contribution in [3.63, 3.8) is 0 Å². The second kappa shape index (κ2) is 13.4. The van der Waals surface area contributed by atoms with Gasteiger partial charge in [-0.3, -0.25) is 0 Å². The van der Waals surface area contributed by atoms with E-state index in [4.69, 9.17) is 9.97 Å². The largest absolute Gasteiger partial charge is 0.309 e. The van der Waals surface area contributed by atoms with Gasteiger partial charge in [-0.2, -0.15) is 0 Å². The Morgan fingerprint density at radius 3 is 1.39 bits per heavy atom. The summed E-state index contributed by atoms with van der Waals surface area (Å²) < 4.78 is 4.83. The molecule has 0 saturated carbocycles.